The first kappa shape index (κ1) is 11.6. The van der Waals surface area contributed by atoms with E-state index in [4.69, 9.17) is 5.73 Å². The van der Waals surface area contributed by atoms with Gasteiger partial charge < -0.3 is 11.1 Å². The Balaban J connectivity index is 2.80. The number of nitrogens with two attached hydrogens (primary N) is 1. The maximum atomic E-state index is 11.7. The van der Waals surface area contributed by atoms with Crippen LogP contribution >= 0.6 is 0 Å². The molecule has 0 saturated heterocycles. The molecular weight excluding hydrogens is 192 g/mol. The molecule has 1 amide bonds. The number of aryl methyl sites for hydroxylation is 1. The lowest BCUT2D eigenvalue weighted by Gasteiger charge is -2.16. The number of carbonyl (C=O) groups excluding carboxylic acids is 1. The van der Waals surface area contributed by atoms with E-state index >= 15 is 0 Å². The molecule has 1 heterocycles. The predicted octanol–water partition coefficient (Wildman–Crippen LogP) is 0.859. The molecule has 3 N–H and O–H groups in total. The molecule has 0 aliphatic carbocycles. The monoisotopic (exact) mass is 210 g/mol. The lowest BCUT2D eigenvalue weighted by Crippen LogP contribution is -2.36. The number of nitrogens with zero attached hydrogens (tertiary/aromatic N) is 2. The maximum Gasteiger partial charge on any atom is 0.244 e. The summed E-state index contributed by atoms with van der Waals surface area (Å²) in [6.45, 7) is 7.53. The number of anilines is 1. The summed E-state index contributed by atoms with van der Waals surface area (Å²) in [5, 5.41) is 6.91. The smallest absolute Gasteiger partial charge is 0.244 e. The molecule has 15 heavy (non-hydrogen) atoms. The highest BCUT2D eigenvalue weighted by Gasteiger charge is 2.18. The molecule has 0 saturated carbocycles. The van der Waals surface area contributed by atoms with E-state index in [1.165, 1.54) is 0 Å². The summed E-state index contributed by atoms with van der Waals surface area (Å²) >= 11 is 0. The topological polar surface area (TPSA) is 72.9 Å². The molecule has 0 fully saturated rings. The molecule has 0 radical (unpaired) electrons. The summed E-state index contributed by atoms with van der Waals surface area (Å²) in [7, 11) is 0. The summed E-state index contributed by atoms with van der Waals surface area (Å²) in [6.07, 6.45) is 0. The van der Waals surface area contributed by atoms with Crippen molar-refractivity contribution >= 4 is 11.7 Å². The molecule has 1 aromatic rings. The fourth-order valence-corrected chi connectivity index (χ4v) is 1.42. The summed E-state index contributed by atoms with van der Waals surface area (Å²) in [5.74, 6) is 0.396. The number of rotatable bonds is 3. The second kappa shape index (κ2) is 4.33. The van der Waals surface area contributed by atoms with Gasteiger partial charge in [-0.05, 0) is 27.7 Å². The van der Waals surface area contributed by atoms with E-state index in [2.05, 4.69) is 10.4 Å². The zero-order chi connectivity index (χ0) is 11.6. The van der Waals surface area contributed by atoms with E-state index in [1.54, 1.807) is 17.7 Å². The number of aromatic nitrogens is 2. The molecule has 0 aliphatic rings. The van der Waals surface area contributed by atoms with E-state index in [-0.39, 0.29) is 18.0 Å². The van der Waals surface area contributed by atoms with Gasteiger partial charge in [0, 0.05) is 17.8 Å². The molecule has 0 aliphatic heterocycles. The number of nitrogens with one attached hydrogen (secondary N) is 1. The minimum absolute atomic E-state index is 0.0452. The molecule has 0 spiro atoms. The van der Waals surface area contributed by atoms with Gasteiger partial charge >= 0.3 is 0 Å². The highest BCUT2D eigenvalue weighted by atomic mass is 16.2. The van der Waals surface area contributed by atoms with Crippen LogP contribution in [0.3, 0.4) is 0 Å². The minimum atomic E-state index is -0.329. The zero-order valence-corrected chi connectivity index (χ0v) is 9.61. The van der Waals surface area contributed by atoms with Gasteiger partial charge in [0.15, 0.2) is 0 Å². The molecular formula is C10H18N4O. The second-order valence-electron chi connectivity index (χ2n) is 3.99. The fraction of sp³-hybridized carbons (Fsp3) is 0.600. The summed E-state index contributed by atoms with van der Waals surface area (Å²) < 4.78 is 1.63. The van der Waals surface area contributed by atoms with Crippen molar-refractivity contribution in [2.75, 3.05) is 5.73 Å². The van der Waals surface area contributed by atoms with Gasteiger partial charge in [0.1, 0.15) is 11.9 Å². The number of amides is 1. The summed E-state index contributed by atoms with van der Waals surface area (Å²) in [5.41, 5.74) is 6.44. The third-order valence-corrected chi connectivity index (χ3v) is 2.12. The van der Waals surface area contributed by atoms with Gasteiger partial charge in [-0.3, -0.25) is 9.48 Å². The average Bonchev–Trinajstić information content (AvgIpc) is 2.42. The second-order valence-corrected chi connectivity index (χ2v) is 3.99. The Hall–Kier alpha value is -1.52. The van der Waals surface area contributed by atoms with Gasteiger partial charge in [0.2, 0.25) is 5.91 Å². The Kier molecular flexibility index (Phi) is 3.34. The van der Waals surface area contributed by atoms with Gasteiger partial charge in [-0.1, -0.05) is 0 Å². The highest BCUT2D eigenvalue weighted by molar-refractivity contribution is 5.80. The van der Waals surface area contributed by atoms with E-state index in [1.807, 2.05) is 20.8 Å². The van der Waals surface area contributed by atoms with Gasteiger partial charge in [0.05, 0.1) is 0 Å². The molecule has 1 rings (SSSR count). The highest BCUT2D eigenvalue weighted by Crippen LogP contribution is 2.12. The van der Waals surface area contributed by atoms with Crippen molar-refractivity contribution < 1.29 is 4.79 Å². The van der Waals surface area contributed by atoms with Crippen LogP contribution in [-0.2, 0) is 4.79 Å². The predicted molar refractivity (Wildman–Crippen MR) is 59.4 cm³/mol. The summed E-state index contributed by atoms with van der Waals surface area (Å²) in [4.78, 5) is 11.7. The van der Waals surface area contributed by atoms with Crippen LogP contribution in [0.2, 0.25) is 0 Å². The Bertz CT molecular complexity index is 356. The molecule has 1 unspecified atom stereocenters. The number of carbonyl (C=O) groups is 1. The minimum Gasteiger partial charge on any atom is -0.382 e. The van der Waals surface area contributed by atoms with E-state index in [0.29, 0.717) is 5.82 Å². The Morgan fingerprint density at radius 1 is 1.53 bits per heavy atom. The van der Waals surface area contributed by atoms with Crippen molar-refractivity contribution in [1.29, 1.82) is 0 Å². The fourth-order valence-electron chi connectivity index (χ4n) is 1.42. The Morgan fingerprint density at radius 3 is 2.53 bits per heavy atom. The Morgan fingerprint density at radius 2 is 2.13 bits per heavy atom. The van der Waals surface area contributed by atoms with Crippen molar-refractivity contribution in [1.82, 2.24) is 15.1 Å². The number of nitrogen functional groups attached to an aromatic ring is 1. The largest absolute Gasteiger partial charge is 0.382 e. The first-order chi connectivity index (χ1) is 6.91. The Labute approximate surface area is 89.6 Å². The van der Waals surface area contributed by atoms with Crippen molar-refractivity contribution in [3.8, 4) is 0 Å². The van der Waals surface area contributed by atoms with Crippen molar-refractivity contribution in [3.63, 3.8) is 0 Å². The normalized spacial score (nSPS) is 12.9. The molecule has 5 nitrogen and oxygen atoms in total. The number of hydrogen-bond donors (Lipinski definition) is 2. The van der Waals surface area contributed by atoms with Gasteiger partial charge in [-0.15, -0.1) is 0 Å². The first-order valence-electron chi connectivity index (χ1n) is 5.03. The van der Waals surface area contributed by atoms with Crippen LogP contribution in [0.5, 0.6) is 0 Å². The standard InChI is InChI=1S/C10H18N4O/c1-6(2)12-10(15)8(4)14-7(3)5-9(11)13-14/h5-6,8H,1-4H3,(H2,11,13)(H,12,15). The lowest BCUT2D eigenvalue weighted by molar-refractivity contribution is -0.124. The van der Waals surface area contributed by atoms with E-state index in [9.17, 15) is 4.79 Å². The zero-order valence-electron chi connectivity index (χ0n) is 9.61. The third-order valence-electron chi connectivity index (χ3n) is 2.12. The first-order valence-corrected chi connectivity index (χ1v) is 5.03. The molecule has 0 bridgehead atoms. The SMILES string of the molecule is Cc1cc(N)nn1C(C)C(=O)NC(C)C. The van der Waals surface area contributed by atoms with Crippen LogP contribution in [0.25, 0.3) is 0 Å². The average molecular weight is 210 g/mol. The quantitative estimate of drug-likeness (QED) is 0.777. The lowest BCUT2D eigenvalue weighted by atomic mass is 10.3. The van der Waals surface area contributed by atoms with Crippen LogP contribution in [0, 0.1) is 6.92 Å². The molecule has 1 atom stereocenters. The van der Waals surface area contributed by atoms with Gasteiger partial charge in [-0.2, -0.15) is 5.10 Å². The van der Waals surface area contributed by atoms with E-state index in [0.717, 1.165) is 5.69 Å². The molecule has 84 valence electrons. The van der Waals surface area contributed by atoms with Gasteiger partial charge in [0.25, 0.3) is 0 Å². The van der Waals surface area contributed by atoms with Crippen LogP contribution in [0.15, 0.2) is 6.07 Å². The van der Waals surface area contributed by atoms with Crippen molar-refractivity contribution in [3.05, 3.63) is 11.8 Å². The van der Waals surface area contributed by atoms with Crippen molar-refractivity contribution in [2.45, 2.75) is 39.8 Å². The van der Waals surface area contributed by atoms with Crippen LogP contribution in [-0.4, -0.2) is 21.7 Å². The molecule has 1 aromatic heterocycles. The number of hydrogen-bond acceptors (Lipinski definition) is 3. The molecule has 0 aromatic carbocycles. The third kappa shape index (κ3) is 2.71. The van der Waals surface area contributed by atoms with Crippen molar-refractivity contribution in [2.24, 2.45) is 0 Å². The van der Waals surface area contributed by atoms with Crippen LogP contribution in [0.4, 0.5) is 5.82 Å². The van der Waals surface area contributed by atoms with E-state index < -0.39 is 0 Å². The van der Waals surface area contributed by atoms with Gasteiger partial charge in [-0.25, -0.2) is 0 Å². The summed E-state index contributed by atoms with van der Waals surface area (Å²) in [6, 6.07) is 1.55. The van der Waals surface area contributed by atoms with Crippen LogP contribution in [0.1, 0.15) is 32.5 Å². The van der Waals surface area contributed by atoms with Crippen LogP contribution < -0.4 is 11.1 Å². The molecule has 5 heteroatoms. The maximum absolute atomic E-state index is 11.7.